The van der Waals surface area contributed by atoms with Crippen molar-refractivity contribution in [3.8, 4) is 0 Å². The number of hydrogen-bond donors (Lipinski definition) is 1. The van der Waals surface area contributed by atoms with Gasteiger partial charge in [0.15, 0.2) is 0 Å². The fourth-order valence-electron chi connectivity index (χ4n) is 5.04. The highest BCUT2D eigenvalue weighted by Crippen LogP contribution is 2.38. The van der Waals surface area contributed by atoms with Gasteiger partial charge in [-0.1, -0.05) is 71.9 Å². The van der Waals surface area contributed by atoms with Crippen LogP contribution in [-0.4, -0.2) is 43.8 Å². The summed E-state index contributed by atoms with van der Waals surface area (Å²) in [6, 6.07) is 13.9. The minimum Gasteiger partial charge on any atom is -0.352 e. The van der Waals surface area contributed by atoms with Crippen LogP contribution in [0.5, 0.6) is 0 Å². The molecule has 3 aromatic carbocycles. The molecule has 0 aliphatic heterocycles. The van der Waals surface area contributed by atoms with Crippen molar-refractivity contribution < 1.29 is 31.2 Å². The monoisotopic (exact) mass is 669 g/mol. The van der Waals surface area contributed by atoms with Gasteiger partial charge in [0.25, 0.3) is 10.0 Å². The predicted molar refractivity (Wildman–Crippen MR) is 164 cm³/mol. The summed E-state index contributed by atoms with van der Waals surface area (Å²) in [5.41, 5.74) is -0.422. The first-order valence-corrected chi connectivity index (χ1v) is 16.2. The number of benzene rings is 3. The number of aryl methyl sites for hydroxylation is 1. The lowest BCUT2D eigenvalue weighted by Gasteiger charge is -2.33. The molecule has 1 aliphatic rings. The zero-order valence-corrected chi connectivity index (χ0v) is 26.4. The van der Waals surface area contributed by atoms with Crippen LogP contribution in [0.25, 0.3) is 0 Å². The minimum atomic E-state index is -4.89. The van der Waals surface area contributed by atoms with Gasteiger partial charge in [-0.3, -0.25) is 13.9 Å². The van der Waals surface area contributed by atoms with Crippen LogP contribution in [-0.2, 0) is 32.3 Å². The average molecular weight is 671 g/mol. The molecule has 0 heterocycles. The van der Waals surface area contributed by atoms with E-state index in [1.54, 1.807) is 31.2 Å². The number of amides is 2. The molecule has 1 saturated carbocycles. The summed E-state index contributed by atoms with van der Waals surface area (Å²) in [7, 11) is -4.57. The molecule has 44 heavy (non-hydrogen) atoms. The Morgan fingerprint density at radius 2 is 1.61 bits per heavy atom. The molecule has 0 aromatic heterocycles. The van der Waals surface area contributed by atoms with Crippen molar-refractivity contribution in [1.29, 1.82) is 0 Å². The number of nitrogens with one attached hydrogen (secondary N) is 1. The third-order valence-corrected chi connectivity index (χ3v) is 10.1. The van der Waals surface area contributed by atoms with Crippen molar-refractivity contribution in [1.82, 2.24) is 10.2 Å². The molecule has 0 unspecified atom stereocenters. The van der Waals surface area contributed by atoms with E-state index in [-0.39, 0.29) is 17.5 Å². The van der Waals surface area contributed by atoms with Gasteiger partial charge in [-0.05, 0) is 68.7 Å². The highest BCUT2D eigenvalue weighted by Gasteiger charge is 2.37. The second kappa shape index (κ2) is 13.8. The Labute approximate surface area is 265 Å². The van der Waals surface area contributed by atoms with Gasteiger partial charge in [0, 0.05) is 17.6 Å². The zero-order valence-electron chi connectivity index (χ0n) is 24.1. The third kappa shape index (κ3) is 7.86. The van der Waals surface area contributed by atoms with Crippen molar-refractivity contribution in [2.24, 2.45) is 0 Å². The van der Waals surface area contributed by atoms with E-state index in [0.29, 0.717) is 21.0 Å². The second-order valence-electron chi connectivity index (χ2n) is 10.8. The number of nitrogens with zero attached hydrogens (tertiary/aromatic N) is 2. The smallest absolute Gasteiger partial charge is 0.352 e. The largest absolute Gasteiger partial charge is 0.417 e. The van der Waals surface area contributed by atoms with Crippen LogP contribution in [0, 0.1) is 6.92 Å². The summed E-state index contributed by atoms with van der Waals surface area (Å²) in [4.78, 5) is 28.3. The van der Waals surface area contributed by atoms with Crippen molar-refractivity contribution in [2.45, 2.75) is 69.2 Å². The topological polar surface area (TPSA) is 86.8 Å². The van der Waals surface area contributed by atoms with E-state index in [1.165, 1.54) is 36.1 Å². The van der Waals surface area contributed by atoms with E-state index in [0.717, 1.165) is 43.4 Å². The van der Waals surface area contributed by atoms with E-state index in [9.17, 15) is 31.2 Å². The SMILES string of the molecule is Cc1ccc(S(=O)(=O)N(CC(=O)N(Cc2ccccc2Cl)[C@H](C)C(=O)NC2CCCC2)c2ccc(Cl)c(C(F)(F)F)c2)cc1. The van der Waals surface area contributed by atoms with Crippen LogP contribution in [0.2, 0.25) is 10.0 Å². The maximum Gasteiger partial charge on any atom is 0.417 e. The Hall–Kier alpha value is -3.28. The van der Waals surface area contributed by atoms with Crippen LogP contribution in [0.15, 0.2) is 71.6 Å². The number of halogens is 5. The molecule has 0 spiro atoms. The van der Waals surface area contributed by atoms with Gasteiger partial charge in [0.05, 0.1) is 21.2 Å². The molecule has 1 atom stereocenters. The summed E-state index contributed by atoms with van der Waals surface area (Å²) in [6.45, 7) is 2.21. The van der Waals surface area contributed by atoms with Gasteiger partial charge in [0.2, 0.25) is 11.8 Å². The lowest BCUT2D eigenvalue weighted by molar-refractivity contribution is -0.139. The first-order valence-electron chi connectivity index (χ1n) is 14.0. The standard InChI is InChI=1S/C31H32Cl2F3N3O4S/c1-20-11-14-25(15-12-20)44(42,43)39(24-13-16-28(33)26(17-24)31(34,35)36)19-29(40)38(18-22-7-3-6-10-27(22)32)21(2)30(41)37-23-8-4-5-9-23/h3,6-7,10-17,21,23H,4-5,8-9,18-19H2,1-2H3,(H,37,41)/t21-/m1/s1. The van der Waals surface area contributed by atoms with Crippen molar-refractivity contribution >= 4 is 50.7 Å². The molecule has 13 heteroatoms. The molecular weight excluding hydrogens is 638 g/mol. The molecule has 3 aromatic rings. The van der Waals surface area contributed by atoms with Crippen LogP contribution < -0.4 is 9.62 Å². The molecule has 4 rings (SSSR count). The summed E-state index contributed by atoms with van der Waals surface area (Å²) >= 11 is 12.2. The maximum absolute atomic E-state index is 14.1. The number of anilines is 1. The number of sulfonamides is 1. The average Bonchev–Trinajstić information content (AvgIpc) is 3.48. The summed E-state index contributed by atoms with van der Waals surface area (Å²) in [5, 5.41) is 2.65. The Balaban J connectivity index is 1.76. The first-order chi connectivity index (χ1) is 20.7. The lowest BCUT2D eigenvalue weighted by Crippen LogP contribution is -2.52. The molecule has 7 nitrogen and oxygen atoms in total. The van der Waals surface area contributed by atoms with Crippen molar-refractivity contribution in [3.05, 3.63) is 93.5 Å². The molecule has 236 valence electrons. The normalized spacial score (nSPS) is 14.7. The van der Waals surface area contributed by atoms with Gasteiger partial charge in [-0.15, -0.1) is 0 Å². The lowest BCUT2D eigenvalue weighted by atomic mass is 10.1. The van der Waals surface area contributed by atoms with Gasteiger partial charge < -0.3 is 10.2 Å². The van der Waals surface area contributed by atoms with Crippen LogP contribution in [0.1, 0.15) is 49.3 Å². The first kappa shape index (κ1) is 33.6. The van der Waals surface area contributed by atoms with Crippen LogP contribution in [0.3, 0.4) is 0 Å². The second-order valence-corrected chi connectivity index (χ2v) is 13.4. The van der Waals surface area contributed by atoms with Gasteiger partial charge >= 0.3 is 6.18 Å². The van der Waals surface area contributed by atoms with E-state index >= 15 is 0 Å². The van der Waals surface area contributed by atoms with E-state index < -0.39 is 56.9 Å². The van der Waals surface area contributed by atoms with Gasteiger partial charge in [0.1, 0.15) is 12.6 Å². The number of carbonyl (C=O) groups excluding carboxylic acids is 2. The number of carbonyl (C=O) groups is 2. The molecule has 1 fully saturated rings. The van der Waals surface area contributed by atoms with Crippen molar-refractivity contribution in [2.75, 3.05) is 10.8 Å². The Bertz CT molecular complexity index is 1610. The van der Waals surface area contributed by atoms with Crippen LogP contribution in [0.4, 0.5) is 18.9 Å². The fourth-order valence-corrected chi connectivity index (χ4v) is 6.86. The quantitative estimate of drug-likeness (QED) is 0.252. The van der Waals surface area contributed by atoms with E-state index in [2.05, 4.69) is 5.32 Å². The third-order valence-electron chi connectivity index (χ3n) is 7.60. The van der Waals surface area contributed by atoms with Crippen molar-refractivity contribution in [3.63, 3.8) is 0 Å². The molecule has 2 amide bonds. The minimum absolute atomic E-state index is 0.0458. The van der Waals surface area contributed by atoms with Gasteiger partial charge in [-0.2, -0.15) is 13.2 Å². The molecule has 1 aliphatic carbocycles. The number of rotatable bonds is 10. The highest BCUT2D eigenvalue weighted by molar-refractivity contribution is 7.92. The molecular formula is C31H32Cl2F3N3O4S. The Morgan fingerprint density at radius 3 is 2.23 bits per heavy atom. The molecule has 0 bridgehead atoms. The summed E-state index contributed by atoms with van der Waals surface area (Å²) in [6.07, 6.45) is -1.35. The maximum atomic E-state index is 14.1. The highest BCUT2D eigenvalue weighted by atomic mass is 35.5. The molecule has 1 N–H and O–H groups in total. The number of alkyl halides is 3. The van der Waals surface area contributed by atoms with Crippen LogP contribution >= 0.6 is 23.2 Å². The zero-order chi connectivity index (χ0) is 32.2. The van der Waals surface area contributed by atoms with Gasteiger partial charge in [-0.25, -0.2) is 8.42 Å². The Morgan fingerprint density at radius 1 is 0.977 bits per heavy atom. The number of hydrogen-bond acceptors (Lipinski definition) is 4. The van der Waals surface area contributed by atoms with E-state index in [1.807, 2.05) is 0 Å². The summed E-state index contributed by atoms with van der Waals surface area (Å²) < 4.78 is 69.9. The fraction of sp³-hybridized carbons (Fsp3) is 0.355. The summed E-state index contributed by atoms with van der Waals surface area (Å²) in [5.74, 6) is -1.26. The van der Waals surface area contributed by atoms with E-state index in [4.69, 9.17) is 23.2 Å². The molecule has 0 radical (unpaired) electrons. The predicted octanol–water partition coefficient (Wildman–Crippen LogP) is 6.99. The molecule has 0 saturated heterocycles. The Kier molecular flexibility index (Phi) is 10.5.